The Labute approximate surface area is 156 Å². The van der Waals surface area contributed by atoms with Gasteiger partial charge >= 0.3 is 0 Å². The fourth-order valence-corrected chi connectivity index (χ4v) is 2.29. The summed E-state index contributed by atoms with van der Waals surface area (Å²) in [4.78, 5) is 34.8. The van der Waals surface area contributed by atoms with Gasteiger partial charge in [-0.1, -0.05) is 12.1 Å². The van der Waals surface area contributed by atoms with Crippen molar-refractivity contribution in [2.45, 2.75) is 27.3 Å². The highest BCUT2D eigenvalue weighted by atomic mass is 19.1. The van der Waals surface area contributed by atoms with E-state index in [1.165, 1.54) is 26.0 Å². The van der Waals surface area contributed by atoms with Crippen molar-refractivity contribution in [2.24, 2.45) is 0 Å². The number of amides is 2. The van der Waals surface area contributed by atoms with E-state index in [4.69, 9.17) is 4.74 Å². The van der Waals surface area contributed by atoms with E-state index in [2.05, 4.69) is 10.6 Å². The Balaban J connectivity index is 2.00. The molecule has 7 heteroatoms. The molecule has 2 aromatic rings. The maximum absolute atomic E-state index is 13.5. The van der Waals surface area contributed by atoms with Crippen molar-refractivity contribution < 1.29 is 23.5 Å². The molecular weight excluding hydrogens is 351 g/mol. The van der Waals surface area contributed by atoms with E-state index in [1.807, 2.05) is 0 Å². The topological polar surface area (TPSA) is 84.5 Å². The number of ether oxygens (including phenoxy) is 1. The average Bonchev–Trinajstić information content (AvgIpc) is 2.61. The van der Waals surface area contributed by atoms with Crippen molar-refractivity contribution in [2.75, 3.05) is 11.9 Å². The molecule has 0 aliphatic rings. The predicted molar refractivity (Wildman–Crippen MR) is 99.2 cm³/mol. The second-order valence-corrected chi connectivity index (χ2v) is 6.10. The van der Waals surface area contributed by atoms with E-state index >= 15 is 0 Å². The van der Waals surface area contributed by atoms with Gasteiger partial charge in [0.1, 0.15) is 11.6 Å². The lowest BCUT2D eigenvalue weighted by molar-refractivity contribution is -0.123. The van der Waals surface area contributed by atoms with Crippen LogP contribution >= 0.6 is 0 Å². The monoisotopic (exact) mass is 372 g/mol. The smallest absolute Gasteiger partial charge is 0.258 e. The van der Waals surface area contributed by atoms with E-state index in [1.54, 1.807) is 31.2 Å². The van der Waals surface area contributed by atoms with E-state index in [0.717, 1.165) is 0 Å². The van der Waals surface area contributed by atoms with Gasteiger partial charge in [-0.15, -0.1) is 0 Å². The summed E-state index contributed by atoms with van der Waals surface area (Å²) in [5.41, 5.74) is 1.92. The van der Waals surface area contributed by atoms with Crippen LogP contribution in [0.2, 0.25) is 0 Å². The first-order valence-electron chi connectivity index (χ1n) is 8.33. The Morgan fingerprint density at radius 2 is 1.81 bits per heavy atom. The number of benzene rings is 2. The third-order valence-electron chi connectivity index (χ3n) is 3.78. The zero-order valence-corrected chi connectivity index (χ0v) is 15.4. The minimum Gasteiger partial charge on any atom is -0.482 e. The number of halogens is 1. The highest BCUT2D eigenvalue weighted by Gasteiger charge is 2.11. The molecule has 2 aromatic carbocycles. The van der Waals surface area contributed by atoms with Gasteiger partial charge in [0, 0.05) is 19.0 Å². The molecule has 0 fully saturated rings. The molecule has 2 N–H and O–H groups in total. The molecule has 0 unspecified atom stereocenters. The zero-order chi connectivity index (χ0) is 20.0. The first-order chi connectivity index (χ1) is 12.8. The summed E-state index contributed by atoms with van der Waals surface area (Å²) in [6.45, 7) is 4.25. The van der Waals surface area contributed by atoms with E-state index in [-0.39, 0.29) is 36.4 Å². The van der Waals surface area contributed by atoms with Gasteiger partial charge in [-0.05, 0) is 49.2 Å². The van der Waals surface area contributed by atoms with Gasteiger partial charge in [0.05, 0.1) is 5.69 Å². The number of ketones is 1. The van der Waals surface area contributed by atoms with Gasteiger partial charge in [-0.2, -0.15) is 0 Å². The molecule has 0 saturated heterocycles. The summed E-state index contributed by atoms with van der Waals surface area (Å²) < 4.78 is 19.0. The summed E-state index contributed by atoms with van der Waals surface area (Å²) in [5, 5.41) is 5.21. The number of carbonyl (C=O) groups is 3. The van der Waals surface area contributed by atoms with Crippen LogP contribution in [0, 0.1) is 12.7 Å². The van der Waals surface area contributed by atoms with Gasteiger partial charge in [-0.3, -0.25) is 14.4 Å². The number of rotatable bonds is 7. The van der Waals surface area contributed by atoms with Crippen LogP contribution in [-0.4, -0.2) is 24.2 Å². The summed E-state index contributed by atoms with van der Waals surface area (Å²) in [6.07, 6.45) is 0. The maximum Gasteiger partial charge on any atom is 0.258 e. The van der Waals surface area contributed by atoms with Gasteiger partial charge in [0.2, 0.25) is 5.91 Å². The SMILES string of the molecule is CC(=O)Nc1ccc(C(C)=O)cc1OCC(=O)NCc1ccc(C)c(F)c1. The number of nitrogens with one attached hydrogen (secondary N) is 2. The highest BCUT2D eigenvalue weighted by molar-refractivity contribution is 5.96. The molecule has 0 spiro atoms. The number of Topliss-reactive ketones (excluding diaryl/α,β-unsaturated/α-hetero) is 1. The normalized spacial score (nSPS) is 10.2. The van der Waals surface area contributed by atoms with Crippen LogP contribution in [0.3, 0.4) is 0 Å². The van der Waals surface area contributed by atoms with Crippen LogP contribution in [0.5, 0.6) is 5.75 Å². The van der Waals surface area contributed by atoms with Crippen LogP contribution in [-0.2, 0) is 16.1 Å². The number of hydrogen-bond donors (Lipinski definition) is 2. The third kappa shape index (κ3) is 5.91. The van der Waals surface area contributed by atoms with Gasteiger partial charge in [-0.25, -0.2) is 4.39 Å². The molecule has 2 amide bonds. The largest absolute Gasteiger partial charge is 0.482 e. The van der Waals surface area contributed by atoms with Crippen LogP contribution in [0.1, 0.15) is 35.3 Å². The molecule has 0 saturated carbocycles. The summed E-state index contributed by atoms with van der Waals surface area (Å²) >= 11 is 0. The fraction of sp³-hybridized carbons (Fsp3) is 0.250. The molecule has 27 heavy (non-hydrogen) atoms. The molecule has 0 heterocycles. The first-order valence-corrected chi connectivity index (χ1v) is 8.33. The maximum atomic E-state index is 13.5. The second kappa shape index (κ2) is 8.93. The predicted octanol–water partition coefficient (Wildman–Crippen LogP) is 2.99. The molecule has 0 radical (unpaired) electrons. The van der Waals surface area contributed by atoms with Gasteiger partial charge in [0.25, 0.3) is 5.91 Å². The standard InChI is InChI=1S/C20H21FN2O4/c1-12-4-5-15(8-17(12)21)10-22-20(26)11-27-19-9-16(13(2)24)6-7-18(19)23-14(3)25/h4-9H,10-11H2,1-3H3,(H,22,26)(H,23,25). The average molecular weight is 372 g/mol. The van der Waals surface area contributed by atoms with Gasteiger partial charge in [0.15, 0.2) is 12.4 Å². The van der Waals surface area contributed by atoms with Crippen molar-refractivity contribution in [3.63, 3.8) is 0 Å². The molecule has 0 aromatic heterocycles. The lowest BCUT2D eigenvalue weighted by atomic mass is 10.1. The molecule has 0 atom stereocenters. The summed E-state index contributed by atoms with van der Waals surface area (Å²) in [6, 6.07) is 9.30. The number of aryl methyl sites for hydroxylation is 1. The Hall–Kier alpha value is -3.22. The lowest BCUT2D eigenvalue weighted by Crippen LogP contribution is -2.28. The zero-order valence-electron chi connectivity index (χ0n) is 15.4. The molecular formula is C20H21FN2O4. The minimum atomic E-state index is -0.419. The van der Waals surface area contributed by atoms with E-state index < -0.39 is 5.91 Å². The van der Waals surface area contributed by atoms with Crippen molar-refractivity contribution in [3.05, 3.63) is 58.9 Å². The quantitative estimate of drug-likeness (QED) is 0.732. The Morgan fingerprint density at radius 1 is 1.07 bits per heavy atom. The van der Waals surface area contributed by atoms with Crippen molar-refractivity contribution >= 4 is 23.3 Å². The van der Waals surface area contributed by atoms with Crippen molar-refractivity contribution in [1.29, 1.82) is 0 Å². The van der Waals surface area contributed by atoms with Crippen LogP contribution in [0.4, 0.5) is 10.1 Å². The highest BCUT2D eigenvalue weighted by Crippen LogP contribution is 2.26. The third-order valence-corrected chi connectivity index (χ3v) is 3.78. The summed E-state index contributed by atoms with van der Waals surface area (Å²) in [5.74, 6) is -1.01. The molecule has 0 bridgehead atoms. The number of hydrogen-bond acceptors (Lipinski definition) is 4. The Morgan fingerprint density at radius 3 is 2.44 bits per heavy atom. The molecule has 0 aliphatic carbocycles. The lowest BCUT2D eigenvalue weighted by Gasteiger charge is -2.13. The van der Waals surface area contributed by atoms with Gasteiger partial charge < -0.3 is 15.4 Å². The Bertz CT molecular complexity index is 880. The fourth-order valence-electron chi connectivity index (χ4n) is 2.29. The summed E-state index contributed by atoms with van der Waals surface area (Å²) in [7, 11) is 0. The molecule has 0 aliphatic heterocycles. The Kier molecular flexibility index (Phi) is 6.65. The van der Waals surface area contributed by atoms with Crippen LogP contribution in [0.15, 0.2) is 36.4 Å². The van der Waals surface area contributed by atoms with Crippen molar-refractivity contribution in [1.82, 2.24) is 5.32 Å². The molecule has 2 rings (SSSR count). The van der Waals surface area contributed by atoms with E-state index in [0.29, 0.717) is 22.4 Å². The van der Waals surface area contributed by atoms with Crippen LogP contribution < -0.4 is 15.4 Å². The number of carbonyl (C=O) groups excluding carboxylic acids is 3. The van der Waals surface area contributed by atoms with Crippen molar-refractivity contribution in [3.8, 4) is 5.75 Å². The molecule has 142 valence electrons. The minimum absolute atomic E-state index is 0.158. The molecule has 6 nitrogen and oxygen atoms in total. The van der Waals surface area contributed by atoms with Crippen LogP contribution in [0.25, 0.3) is 0 Å². The number of anilines is 1. The van der Waals surface area contributed by atoms with E-state index in [9.17, 15) is 18.8 Å². The first kappa shape index (κ1) is 20.1. The second-order valence-electron chi connectivity index (χ2n) is 6.10.